The molecule has 27 heteroatoms. The molecular formula is C67H100Cl3N7O17. The molecule has 1 aromatic carbocycles. The topological polar surface area (TPSA) is 424 Å². The highest BCUT2D eigenvalue weighted by molar-refractivity contribution is 6.63. The van der Waals surface area contributed by atoms with E-state index < -0.39 is 84.2 Å². The standard InChI is InChI=1S/C31H42N2O7.C30H43N3O7.C3H6ClNO.C3H7NO2.2ClH/c1-8-9-13-22-23-15-21(6)29(39-7)26(35)19(4)14-20(5)28(40-31(32)38)17(2)11-10-12-18(3)30(37)33-24(27(23)36)16-25(22)34;1-8-12-32-24-21-14-20(6)28(39-7)25(35)18(4)13-19(5)27(40-30(31)38)16(2)10-9-11-17(3)29(37)33-22(26(21)36)15-23(24)34;4-3(6)1-2-5;4-2-1-3(5)6;;/h8,10-12,14,16-17,19,21,26,28-29,35H,1,9,13,15H2,2-7H3,(H2,32,38)(H,33,37);8-11,13,15-16,18,20,25,27-28,32,34-36H,1,12,14H2,2-7H3,(H2,31,38)(H,33,37);1-2,5H2;1-2,4H2,(H,5,6);2*1H/b11-10-,18-12+,20-14+;10-9-,17-11+,19-13+;;;;/t17-,19-,21+,26+,28+,29-;16-,18-,20+,25+,27+,28-;;;;/m00..../s1. The van der Waals surface area contributed by atoms with Gasteiger partial charge in [0, 0.05) is 97.7 Å². The number of phenols is 2. The van der Waals surface area contributed by atoms with Gasteiger partial charge in [0.2, 0.25) is 11.0 Å². The number of anilines is 1. The van der Waals surface area contributed by atoms with Crippen LogP contribution in [0.3, 0.4) is 0 Å². The Hall–Kier alpha value is -7.23. The number of phenolic OH excluding ortho intramolecular Hbond substituents is 2. The van der Waals surface area contributed by atoms with E-state index >= 15 is 0 Å². The predicted octanol–water partition coefficient (Wildman–Crippen LogP) is 2.07. The van der Waals surface area contributed by atoms with E-state index in [0.29, 0.717) is 71.6 Å². The third-order valence-corrected chi connectivity index (χ3v) is 15.5. The molecule has 1 aliphatic carbocycles. The summed E-state index contributed by atoms with van der Waals surface area (Å²) in [7, 11) is 2.98. The number of quaternary nitrogens is 2. The van der Waals surface area contributed by atoms with Gasteiger partial charge >= 0.3 is 12.2 Å². The van der Waals surface area contributed by atoms with Crippen molar-refractivity contribution in [2.45, 2.75) is 144 Å². The third kappa shape index (κ3) is 29.2. The quantitative estimate of drug-likeness (QED) is 0.0317. The van der Waals surface area contributed by atoms with Gasteiger partial charge in [-0.15, -0.1) is 19.0 Å². The highest BCUT2D eigenvalue weighted by atomic mass is 35.5. The highest BCUT2D eigenvalue weighted by Gasteiger charge is 2.37. The number of hydrogen-bond acceptors (Lipinski definition) is 18. The van der Waals surface area contributed by atoms with E-state index in [1.807, 2.05) is 53.7 Å². The van der Waals surface area contributed by atoms with Gasteiger partial charge in [0.1, 0.15) is 18.0 Å². The molecular weight excluding hydrogens is 1280 g/mol. The maximum atomic E-state index is 13.6. The molecule has 526 valence electrons. The first-order chi connectivity index (χ1) is 43.2. The summed E-state index contributed by atoms with van der Waals surface area (Å²) >= 11 is 4.86. The molecule has 0 radical (unpaired) electrons. The Kier molecular flexibility index (Phi) is 42.7. The number of carboxylic acids is 1. The van der Waals surface area contributed by atoms with Crippen molar-refractivity contribution in [2.24, 2.45) is 52.7 Å². The fourth-order valence-corrected chi connectivity index (χ4v) is 10.5. The van der Waals surface area contributed by atoms with E-state index in [2.05, 4.69) is 29.5 Å². The number of ketones is 2. The second-order valence-corrected chi connectivity index (χ2v) is 23.3. The number of aliphatic hydroxyl groups excluding tert-OH is 2. The molecule has 12 atom stereocenters. The number of carbonyl (C=O) groups is 8. The molecule has 1 aromatic rings. The average molecular weight is 1380 g/mol. The van der Waals surface area contributed by atoms with E-state index in [9.17, 15) is 63.9 Å². The molecule has 24 nitrogen and oxygen atoms in total. The Bertz CT molecular complexity index is 3010. The van der Waals surface area contributed by atoms with Crippen molar-refractivity contribution in [3.63, 3.8) is 0 Å². The first-order valence-electron chi connectivity index (χ1n) is 30.2. The minimum absolute atomic E-state index is 0. The fourth-order valence-electron chi connectivity index (χ4n) is 10.4. The fraction of sp³-hybridized carbons (Fsp3) is 0.493. The van der Waals surface area contributed by atoms with Gasteiger partial charge in [-0.3, -0.25) is 24.0 Å². The second kappa shape index (κ2) is 45.2. The van der Waals surface area contributed by atoms with E-state index in [-0.39, 0.29) is 114 Å². The summed E-state index contributed by atoms with van der Waals surface area (Å²) in [5.74, 6) is -5.25. The normalized spacial score (nSPS) is 27.6. The first-order valence-corrected chi connectivity index (χ1v) is 30.6. The molecule has 94 heavy (non-hydrogen) atoms. The van der Waals surface area contributed by atoms with Crippen molar-refractivity contribution in [3.05, 3.63) is 131 Å². The third-order valence-electron chi connectivity index (χ3n) is 15.3. The molecule has 0 saturated carbocycles. The van der Waals surface area contributed by atoms with Crippen LogP contribution >= 0.6 is 24.0 Å². The van der Waals surface area contributed by atoms with E-state index in [1.165, 1.54) is 26.4 Å². The lowest BCUT2D eigenvalue weighted by Crippen LogP contribution is -3.00. The van der Waals surface area contributed by atoms with Crippen molar-refractivity contribution >= 4 is 82.2 Å². The molecule has 0 saturated heterocycles. The largest absolute Gasteiger partial charge is 1.00 e. The molecule has 2 heterocycles. The van der Waals surface area contributed by atoms with Gasteiger partial charge in [0.15, 0.2) is 17.2 Å². The van der Waals surface area contributed by atoms with E-state index in [1.54, 1.807) is 81.6 Å². The van der Waals surface area contributed by atoms with Crippen molar-refractivity contribution in [1.29, 1.82) is 0 Å². The summed E-state index contributed by atoms with van der Waals surface area (Å²) in [6.07, 6.45) is 13.2. The number of carbonyl (C=O) groups excluding carboxylic acids is 8. The zero-order valence-electron chi connectivity index (χ0n) is 55.9. The number of aliphatic carboxylic acids is 1. The molecule has 3 aliphatic rings. The number of aliphatic hydroxyl groups is 2. The van der Waals surface area contributed by atoms with Crippen LogP contribution in [0.2, 0.25) is 0 Å². The number of benzene rings is 1. The zero-order valence-corrected chi connectivity index (χ0v) is 58.2. The van der Waals surface area contributed by atoms with Crippen LogP contribution in [0.15, 0.2) is 125 Å². The van der Waals surface area contributed by atoms with Crippen molar-refractivity contribution in [2.75, 3.05) is 39.2 Å². The van der Waals surface area contributed by atoms with Crippen LogP contribution in [0.4, 0.5) is 21.0 Å². The highest BCUT2D eigenvalue weighted by Crippen LogP contribution is 2.41. The lowest BCUT2D eigenvalue weighted by Gasteiger charge is -2.32. The number of amides is 4. The van der Waals surface area contributed by atoms with Crippen LogP contribution in [-0.2, 0) is 54.1 Å². The molecule has 2 aliphatic heterocycles. The molecule has 0 fully saturated rings. The van der Waals surface area contributed by atoms with Gasteiger partial charge in [-0.2, -0.15) is 0 Å². The summed E-state index contributed by atoms with van der Waals surface area (Å²) < 4.78 is 22.2. The van der Waals surface area contributed by atoms with Crippen LogP contribution in [0.25, 0.3) is 0 Å². The monoisotopic (exact) mass is 1380 g/mol. The number of fused-ring (bicyclic) bond motifs is 4. The minimum atomic E-state index is -1.02. The van der Waals surface area contributed by atoms with E-state index in [0.717, 1.165) is 0 Å². The second-order valence-electron chi connectivity index (χ2n) is 22.9. The van der Waals surface area contributed by atoms with Gasteiger partial charge in [-0.25, -0.2) is 9.59 Å². The number of Topliss-reactive ketones (excluding diaryl/α,β-unsaturated/α-hetero) is 1. The molecule has 17 N–H and O–H groups in total. The zero-order chi connectivity index (χ0) is 70.3. The number of aromatic hydroxyl groups is 2. The SMILES string of the molecule is C=CCCC1=C2C[C@@H](C)[C@H](OC)[C@H](O)[C@@H](C)/C=C(\C)[C@H](OC(N)=O)[C@@H](C)/C=C\C=C(/C)C(=O)NC(=CC1=O)C2=O.C=CC[NH2+]c1c(O)cc2c(O)c1C[C@@H](C)[C@H](OC)[C@H](O)[C@@H](C)/C=C(\C)[C@H](OC(N)=O)[C@@H](C)/C=C\C=C(/C)C(=O)N2.Cl.NCCC(=O)Cl.[Cl-].[NH3+]CCC(=O)[O-]. The molecule has 0 unspecified atom stereocenters. The summed E-state index contributed by atoms with van der Waals surface area (Å²) in [5.41, 5.74) is 22.4. The summed E-state index contributed by atoms with van der Waals surface area (Å²) in [4.78, 5) is 95.0. The van der Waals surface area contributed by atoms with Crippen molar-refractivity contribution < 1.29 is 106 Å². The van der Waals surface area contributed by atoms with Gasteiger partial charge in [-0.05, 0) is 94.0 Å². The Morgan fingerprint density at radius 2 is 1.23 bits per heavy atom. The molecule has 0 spiro atoms. The number of hydrogen-bond donors (Lipinski definition) is 11. The van der Waals surface area contributed by atoms with Gasteiger partial charge < -0.3 is 101 Å². The summed E-state index contributed by atoms with van der Waals surface area (Å²) in [6, 6.07) is 1.31. The van der Waals surface area contributed by atoms with Crippen molar-refractivity contribution in [1.82, 2.24) is 5.32 Å². The molecule has 4 bridgehead atoms. The lowest BCUT2D eigenvalue weighted by molar-refractivity contribution is -0.562. The predicted molar refractivity (Wildman–Crippen MR) is 356 cm³/mol. The van der Waals surface area contributed by atoms with Crippen LogP contribution in [0, 0.1) is 35.5 Å². The maximum Gasteiger partial charge on any atom is 0.405 e. The van der Waals surface area contributed by atoms with Crippen LogP contribution in [-0.4, -0.2) is 138 Å². The number of methoxy groups -OCH3 is 2. The number of halogens is 3. The molecule has 4 rings (SSSR count). The number of rotatable bonds is 14. The summed E-state index contributed by atoms with van der Waals surface area (Å²) in [6.45, 7) is 26.5. The Morgan fingerprint density at radius 3 is 1.62 bits per heavy atom. The first kappa shape index (κ1) is 88.8. The molecule has 0 aromatic heterocycles. The van der Waals surface area contributed by atoms with Crippen molar-refractivity contribution in [3.8, 4) is 11.5 Å². The number of carboxylic acid groups (broad SMARTS) is 1. The number of nitrogens with one attached hydrogen (secondary N) is 2. The van der Waals surface area contributed by atoms with Crippen LogP contribution in [0.5, 0.6) is 11.5 Å². The lowest BCUT2D eigenvalue weighted by atomic mass is 9.81. The van der Waals surface area contributed by atoms with Gasteiger partial charge in [-0.1, -0.05) is 103 Å². The Labute approximate surface area is 569 Å². The Balaban J connectivity index is 0. The number of ether oxygens (including phenoxy) is 4. The number of primary amides is 2. The smallest absolute Gasteiger partial charge is 0.405 e. The average Bonchev–Trinajstić information content (AvgIpc) is 0.803. The van der Waals surface area contributed by atoms with Gasteiger partial charge in [0.25, 0.3) is 11.8 Å². The molecule has 4 amide bonds. The maximum absolute atomic E-state index is 13.6. The van der Waals surface area contributed by atoms with Crippen LogP contribution in [0.1, 0.15) is 107 Å². The Morgan fingerprint density at radius 1 is 0.766 bits per heavy atom. The summed E-state index contributed by atoms with van der Waals surface area (Å²) in [5, 5.41) is 60.8. The minimum Gasteiger partial charge on any atom is -1.00 e. The number of nitrogens with two attached hydrogens (primary N) is 4. The van der Waals surface area contributed by atoms with E-state index in [4.69, 9.17) is 47.7 Å². The van der Waals surface area contributed by atoms with Crippen LogP contribution < -0.4 is 56.4 Å². The number of allylic oxidation sites excluding steroid dienone is 8. The van der Waals surface area contributed by atoms with Gasteiger partial charge in [0.05, 0.1) is 54.5 Å².